The van der Waals surface area contributed by atoms with Crippen LogP contribution in [0.5, 0.6) is 0 Å². The maximum absolute atomic E-state index is 4.21. The molecular weight excluding hydrogens is 168 g/mol. The Morgan fingerprint density at radius 3 is 2.17 bits per heavy atom. The van der Waals surface area contributed by atoms with E-state index in [1.165, 1.54) is 0 Å². The molecule has 0 N–H and O–H groups in total. The molecule has 1 rings (SSSR count). The molecule has 1 aliphatic rings. The Bertz CT molecular complexity index is 213. The van der Waals surface area contributed by atoms with Crippen molar-refractivity contribution in [1.29, 1.82) is 0 Å². The Balaban J connectivity index is 2.69. The lowest BCUT2D eigenvalue weighted by Crippen LogP contribution is -2.30. The zero-order chi connectivity index (χ0) is 9.19. The van der Waals surface area contributed by atoms with E-state index in [2.05, 4.69) is 43.6 Å². The van der Waals surface area contributed by atoms with Crippen LogP contribution < -0.4 is 0 Å². The number of thiol groups is 1. The Morgan fingerprint density at radius 2 is 1.75 bits per heavy atom. The van der Waals surface area contributed by atoms with E-state index in [0.29, 0.717) is 0 Å². The van der Waals surface area contributed by atoms with Crippen molar-refractivity contribution >= 4 is 24.1 Å². The Morgan fingerprint density at radius 1 is 1.25 bits per heavy atom. The van der Waals surface area contributed by atoms with E-state index in [0.717, 1.165) is 30.0 Å². The van der Waals surface area contributed by atoms with Crippen LogP contribution in [0.25, 0.3) is 0 Å². The van der Waals surface area contributed by atoms with Gasteiger partial charge in [-0.1, -0.05) is 0 Å². The van der Waals surface area contributed by atoms with E-state index in [1.54, 1.807) is 0 Å². The van der Waals surface area contributed by atoms with Crippen LogP contribution in [-0.2, 0) is 0 Å². The summed E-state index contributed by atoms with van der Waals surface area (Å²) in [4.78, 5) is 0. The van der Waals surface area contributed by atoms with Gasteiger partial charge in [0.15, 0.2) is 0 Å². The lowest BCUT2D eigenvalue weighted by atomic mass is 9.78. The molecule has 0 radical (unpaired) electrons. The number of hydrogen-bond donors (Lipinski definition) is 1. The third kappa shape index (κ3) is 1.56. The third-order valence-corrected chi connectivity index (χ3v) is 3.10. The standard InChI is InChI=1S/C9H16N2S/c1-7-9(3,5-4-6-12)8(2)11-10-7/h12H,4-6H2,1-3H3. The van der Waals surface area contributed by atoms with Gasteiger partial charge in [-0.05, 0) is 39.4 Å². The zero-order valence-corrected chi connectivity index (χ0v) is 8.86. The number of nitrogens with zero attached hydrogens (tertiary/aromatic N) is 2. The molecule has 0 fully saturated rings. The van der Waals surface area contributed by atoms with Crippen LogP contribution >= 0.6 is 12.6 Å². The Kier molecular flexibility index (Phi) is 2.94. The summed E-state index contributed by atoms with van der Waals surface area (Å²) in [7, 11) is 0. The summed E-state index contributed by atoms with van der Waals surface area (Å²) in [5.41, 5.74) is 2.39. The van der Waals surface area contributed by atoms with Crippen molar-refractivity contribution in [2.24, 2.45) is 15.6 Å². The van der Waals surface area contributed by atoms with Crippen LogP contribution in [0.2, 0.25) is 0 Å². The molecule has 0 amide bonds. The van der Waals surface area contributed by atoms with Gasteiger partial charge < -0.3 is 0 Å². The summed E-state index contributed by atoms with van der Waals surface area (Å²) in [5, 5.41) is 8.21. The Labute approximate surface area is 79.6 Å². The topological polar surface area (TPSA) is 24.7 Å². The maximum Gasteiger partial charge on any atom is 0.0490 e. The van der Waals surface area contributed by atoms with Gasteiger partial charge in [0.2, 0.25) is 0 Å². The highest BCUT2D eigenvalue weighted by molar-refractivity contribution is 7.80. The van der Waals surface area contributed by atoms with E-state index in [1.807, 2.05) is 0 Å². The molecule has 0 aromatic rings. The predicted molar refractivity (Wildman–Crippen MR) is 57.4 cm³/mol. The maximum atomic E-state index is 4.21. The average Bonchev–Trinajstić information content (AvgIpc) is 2.30. The minimum Gasteiger partial charge on any atom is -0.179 e. The molecule has 0 saturated heterocycles. The van der Waals surface area contributed by atoms with E-state index in [4.69, 9.17) is 0 Å². The zero-order valence-electron chi connectivity index (χ0n) is 7.96. The summed E-state index contributed by atoms with van der Waals surface area (Å²) >= 11 is 4.21. The molecule has 12 heavy (non-hydrogen) atoms. The van der Waals surface area contributed by atoms with Gasteiger partial charge in [0, 0.05) is 16.8 Å². The van der Waals surface area contributed by atoms with Crippen LogP contribution in [-0.4, -0.2) is 17.2 Å². The summed E-state index contributed by atoms with van der Waals surface area (Å²) < 4.78 is 0. The minimum atomic E-state index is 0.114. The molecule has 0 spiro atoms. The third-order valence-electron chi connectivity index (χ3n) is 2.78. The van der Waals surface area contributed by atoms with Gasteiger partial charge in [-0.3, -0.25) is 0 Å². The van der Waals surface area contributed by atoms with E-state index < -0.39 is 0 Å². The van der Waals surface area contributed by atoms with Crippen molar-refractivity contribution < 1.29 is 0 Å². The molecule has 68 valence electrons. The Hall–Kier alpha value is -0.310. The van der Waals surface area contributed by atoms with Gasteiger partial charge in [0.25, 0.3) is 0 Å². The molecule has 0 saturated carbocycles. The van der Waals surface area contributed by atoms with Crippen molar-refractivity contribution in [3.8, 4) is 0 Å². The van der Waals surface area contributed by atoms with Gasteiger partial charge in [-0.25, -0.2) is 0 Å². The van der Waals surface area contributed by atoms with Gasteiger partial charge in [-0.2, -0.15) is 22.8 Å². The summed E-state index contributed by atoms with van der Waals surface area (Å²) in [5.74, 6) is 0.941. The average molecular weight is 184 g/mol. The van der Waals surface area contributed by atoms with Gasteiger partial charge in [0.1, 0.15) is 0 Å². The molecule has 0 aliphatic carbocycles. The molecule has 1 heterocycles. The number of hydrogen-bond acceptors (Lipinski definition) is 3. The first-order valence-corrected chi connectivity index (χ1v) is 4.95. The SMILES string of the molecule is CC1=NN=C(C)C1(C)CCCS. The monoisotopic (exact) mass is 184 g/mol. The lowest BCUT2D eigenvalue weighted by Gasteiger charge is -2.24. The molecule has 0 unspecified atom stereocenters. The van der Waals surface area contributed by atoms with Crippen LogP contribution in [0, 0.1) is 5.41 Å². The first-order valence-electron chi connectivity index (χ1n) is 4.32. The second-order valence-electron chi connectivity index (χ2n) is 3.53. The van der Waals surface area contributed by atoms with Crippen molar-refractivity contribution in [2.45, 2.75) is 33.6 Å². The van der Waals surface area contributed by atoms with E-state index in [9.17, 15) is 0 Å². The normalized spacial score (nSPS) is 20.7. The van der Waals surface area contributed by atoms with Crippen LogP contribution in [0.4, 0.5) is 0 Å². The molecule has 3 heteroatoms. The molecule has 0 aromatic carbocycles. The quantitative estimate of drug-likeness (QED) is 0.652. The molecule has 0 atom stereocenters. The summed E-state index contributed by atoms with van der Waals surface area (Å²) in [6.07, 6.45) is 2.24. The van der Waals surface area contributed by atoms with Crippen molar-refractivity contribution in [3.63, 3.8) is 0 Å². The highest BCUT2D eigenvalue weighted by atomic mass is 32.1. The fourth-order valence-corrected chi connectivity index (χ4v) is 1.59. The van der Waals surface area contributed by atoms with Gasteiger partial charge in [-0.15, -0.1) is 0 Å². The fourth-order valence-electron chi connectivity index (χ4n) is 1.43. The van der Waals surface area contributed by atoms with Crippen LogP contribution in [0.3, 0.4) is 0 Å². The second kappa shape index (κ2) is 3.60. The molecular formula is C9H16N2S. The first kappa shape index (κ1) is 9.78. The lowest BCUT2D eigenvalue weighted by molar-refractivity contribution is 0.573. The summed E-state index contributed by atoms with van der Waals surface area (Å²) in [6.45, 7) is 6.32. The van der Waals surface area contributed by atoms with Crippen LogP contribution in [0.15, 0.2) is 10.2 Å². The molecule has 2 nitrogen and oxygen atoms in total. The predicted octanol–water partition coefficient (Wildman–Crippen LogP) is 2.55. The smallest absolute Gasteiger partial charge is 0.0490 e. The van der Waals surface area contributed by atoms with E-state index >= 15 is 0 Å². The number of rotatable bonds is 3. The van der Waals surface area contributed by atoms with Crippen molar-refractivity contribution in [1.82, 2.24) is 0 Å². The highest BCUT2D eigenvalue weighted by Gasteiger charge is 2.34. The van der Waals surface area contributed by atoms with Crippen molar-refractivity contribution in [2.75, 3.05) is 5.75 Å². The molecule has 0 aromatic heterocycles. The largest absolute Gasteiger partial charge is 0.179 e. The van der Waals surface area contributed by atoms with Gasteiger partial charge in [0.05, 0.1) is 0 Å². The van der Waals surface area contributed by atoms with Gasteiger partial charge >= 0.3 is 0 Å². The fraction of sp³-hybridized carbons (Fsp3) is 0.778. The first-order chi connectivity index (χ1) is 5.61. The molecule has 1 aliphatic heterocycles. The molecule has 0 bridgehead atoms. The van der Waals surface area contributed by atoms with E-state index in [-0.39, 0.29) is 5.41 Å². The van der Waals surface area contributed by atoms with Crippen LogP contribution in [0.1, 0.15) is 33.6 Å². The minimum absolute atomic E-state index is 0.114. The highest BCUT2D eigenvalue weighted by Crippen LogP contribution is 2.31. The van der Waals surface area contributed by atoms with Crippen molar-refractivity contribution in [3.05, 3.63) is 0 Å². The second-order valence-corrected chi connectivity index (χ2v) is 3.98. The summed E-state index contributed by atoms with van der Waals surface area (Å²) in [6, 6.07) is 0.